The van der Waals surface area contributed by atoms with E-state index in [4.69, 9.17) is 9.72 Å². The molecular weight excluding hydrogens is 492 g/mol. The average Bonchev–Trinajstić information content (AvgIpc) is 3.44. The predicted octanol–water partition coefficient (Wildman–Crippen LogP) is 4.26. The summed E-state index contributed by atoms with van der Waals surface area (Å²) < 4.78 is 7.69. The van der Waals surface area contributed by atoms with E-state index in [-0.39, 0.29) is 24.0 Å². The Hall–Kier alpha value is -3.56. The van der Waals surface area contributed by atoms with Crippen molar-refractivity contribution in [3.8, 4) is 0 Å². The van der Waals surface area contributed by atoms with Gasteiger partial charge in [0.25, 0.3) is 5.91 Å². The molecule has 1 N–H and O–H groups in total. The third-order valence-electron chi connectivity index (χ3n) is 7.89. The zero-order valence-electron chi connectivity index (χ0n) is 23.2. The Morgan fingerprint density at radius 1 is 1.15 bits per heavy atom. The van der Waals surface area contributed by atoms with Crippen LogP contribution in [0.25, 0.3) is 11.0 Å². The van der Waals surface area contributed by atoms with E-state index in [1.54, 1.807) is 25.4 Å². The molecule has 2 amide bonds. The number of nitrogens with one attached hydrogen (secondary N) is 1. The van der Waals surface area contributed by atoms with Gasteiger partial charge < -0.3 is 14.2 Å². The number of amides is 2. The number of anilines is 1. The molecule has 39 heavy (non-hydrogen) atoms. The Bertz CT molecular complexity index is 1380. The average molecular weight is 531 g/mol. The summed E-state index contributed by atoms with van der Waals surface area (Å²) in [7, 11) is 1.78. The quantitative estimate of drug-likeness (QED) is 0.459. The monoisotopic (exact) mass is 530 g/mol. The molecule has 2 fully saturated rings. The lowest BCUT2D eigenvalue weighted by atomic mass is 10.1. The number of fused-ring (bicyclic) bond motifs is 1. The normalized spacial score (nSPS) is 20.2. The van der Waals surface area contributed by atoms with Crippen LogP contribution in [0, 0.1) is 13.8 Å². The van der Waals surface area contributed by atoms with Gasteiger partial charge >= 0.3 is 0 Å². The number of carbonyl (C=O) groups is 2. The molecule has 2 saturated heterocycles. The van der Waals surface area contributed by atoms with Gasteiger partial charge in [0, 0.05) is 57.3 Å². The fourth-order valence-electron chi connectivity index (χ4n) is 5.95. The molecule has 5 rings (SSSR count). The molecule has 2 unspecified atom stereocenters. The first-order chi connectivity index (χ1) is 18.9. The lowest BCUT2D eigenvalue weighted by Crippen LogP contribution is -2.34. The van der Waals surface area contributed by atoms with E-state index in [0.717, 1.165) is 67.6 Å². The summed E-state index contributed by atoms with van der Waals surface area (Å²) in [6.07, 6.45) is 7.14. The SMILES string of the molecule is C=CC(=O)N1CCCCC(n2c(NC(=O)c3ccnc(C)c3)nc3cc(CN4CCC(OC)C4)cc(C)c32)C1. The molecule has 2 aliphatic rings. The highest BCUT2D eigenvalue weighted by atomic mass is 16.5. The minimum Gasteiger partial charge on any atom is -0.380 e. The summed E-state index contributed by atoms with van der Waals surface area (Å²) in [5.74, 6) is 0.205. The van der Waals surface area contributed by atoms with Crippen molar-refractivity contribution in [1.29, 1.82) is 0 Å². The number of rotatable bonds is 7. The van der Waals surface area contributed by atoms with E-state index < -0.39 is 0 Å². The minimum atomic E-state index is -0.231. The van der Waals surface area contributed by atoms with E-state index >= 15 is 0 Å². The molecule has 3 aromatic rings. The summed E-state index contributed by atoms with van der Waals surface area (Å²) in [5, 5.41) is 3.09. The first-order valence-corrected chi connectivity index (χ1v) is 13.8. The highest BCUT2D eigenvalue weighted by Crippen LogP contribution is 2.33. The lowest BCUT2D eigenvalue weighted by Gasteiger charge is -2.26. The number of ether oxygens (including phenoxy) is 1. The van der Waals surface area contributed by atoms with Crippen LogP contribution in [0.1, 0.15) is 58.9 Å². The Labute approximate surface area is 229 Å². The number of likely N-dealkylation sites (tertiary alicyclic amines) is 2. The highest BCUT2D eigenvalue weighted by Gasteiger charge is 2.28. The largest absolute Gasteiger partial charge is 0.380 e. The molecule has 0 saturated carbocycles. The molecule has 0 bridgehead atoms. The number of hydrogen-bond acceptors (Lipinski definition) is 6. The van der Waals surface area contributed by atoms with Crippen molar-refractivity contribution in [2.24, 2.45) is 0 Å². The summed E-state index contributed by atoms with van der Waals surface area (Å²) >= 11 is 0. The summed E-state index contributed by atoms with van der Waals surface area (Å²) in [6.45, 7) is 11.7. The number of aromatic nitrogens is 3. The maximum absolute atomic E-state index is 13.3. The summed E-state index contributed by atoms with van der Waals surface area (Å²) in [5.41, 5.74) is 5.44. The van der Waals surface area contributed by atoms with Crippen LogP contribution in [0.5, 0.6) is 0 Å². The number of pyridine rings is 1. The molecule has 2 aromatic heterocycles. The van der Waals surface area contributed by atoms with Gasteiger partial charge in [0.2, 0.25) is 11.9 Å². The first kappa shape index (κ1) is 27.0. The van der Waals surface area contributed by atoms with Crippen molar-refractivity contribution in [1.82, 2.24) is 24.3 Å². The Morgan fingerprint density at radius 3 is 2.74 bits per heavy atom. The van der Waals surface area contributed by atoms with Crippen molar-refractivity contribution in [3.05, 3.63) is 65.5 Å². The van der Waals surface area contributed by atoms with Crippen LogP contribution in [0.4, 0.5) is 5.95 Å². The van der Waals surface area contributed by atoms with Gasteiger partial charge in [-0.15, -0.1) is 0 Å². The third kappa shape index (κ3) is 5.89. The van der Waals surface area contributed by atoms with Crippen molar-refractivity contribution < 1.29 is 14.3 Å². The molecule has 9 heteroatoms. The maximum atomic E-state index is 13.3. The molecular formula is C30H38N6O3. The third-order valence-corrected chi connectivity index (χ3v) is 7.89. The van der Waals surface area contributed by atoms with Crippen molar-refractivity contribution in [2.45, 2.75) is 58.2 Å². The molecule has 0 spiro atoms. The number of imidazole rings is 1. The molecule has 0 radical (unpaired) electrons. The van der Waals surface area contributed by atoms with Crippen molar-refractivity contribution in [3.63, 3.8) is 0 Å². The van der Waals surface area contributed by atoms with Gasteiger partial charge in [-0.3, -0.25) is 24.8 Å². The van der Waals surface area contributed by atoms with Gasteiger partial charge in [0.1, 0.15) is 0 Å². The number of hydrogen-bond donors (Lipinski definition) is 1. The van der Waals surface area contributed by atoms with E-state index in [2.05, 4.69) is 45.4 Å². The van der Waals surface area contributed by atoms with Crippen LogP contribution in [0.15, 0.2) is 43.1 Å². The smallest absolute Gasteiger partial charge is 0.258 e. The zero-order valence-corrected chi connectivity index (χ0v) is 23.2. The standard InChI is InChI=1S/C30H38N6O3/c1-5-27(37)35-12-7-6-8-24(18-35)36-28-20(2)14-22(17-34-13-10-25(19-34)39-4)16-26(28)32-30(36)33-29(38)23-9-11-31-21(3)15-23/h5,9,11,14-16,24-25H,1,6-8,10,12-13,17-19H2,2-4H3,(H,32,33,38). The topological polar surface area (TPSA) is 92.6 Å². The van der Waals surface area contributed by atoms with E-state index in [1.807, 2.05) is 11.8 Å². The minimum absolute atomic E-state index is 0.0264. The van der Waals surface area contributed by atoms with Gasteiger partial charge in [0.15, 0.2) is 0 Å². The Kier molecular flexibility index (Phi) is 8.09. The van der Waals surface area contributed by atoms with Crippen LogP contribution >= 0.6 is 0 Å². The fraction of sp³-hybridized carbons (Fsp3) is 0.467. The molecule has 9 nitrogen and oxygen atoms in total. The number of nitrogens with zero attached hydrogens (tertiary/aromatic N) is 5. The summed E-state index contributed by atoms with van der Waals surface area (Å²) in [6, 6.07) is 7.81. The second kappa shape index (κ2) is 11.7. The number of methoxy groups -OCH3 is 1. The zero-order chi connectivity index (χ0) is 27.5. The Balaban J connectivity index is 1.54. The van der Waals surface area contributed by atoms with Gasteiger partial charge in [-0.1, -0.05) is 12.6 Å². The summed E-state index contributed by atoms with van der Waals surface area (Å²) in [4.78, 5) is 39.4. The second-order valence-electron chi connectivity index (χ2n) is 10.7. The Morgan fingerprint density at radius 2 is 2.00 bits per heavy atom. The van der Waals surface area contributed by atoms with Crippen LogP contribution in [-0.2, 0) is 16.1 Å². The number of aryl methyl sites for hydroxylation is 2. The predicted molar refractivity (Wildman–Crippen MR) is 152 cm³/mol. The molecule has 4 heterocycles. The highest BCUT2D eigenvalue weighted by molar-refractivity contribution is 6.04. The van der Waals surface area contributed by atoms with Crippen LogP contribution in [0.2, 0.25) is 0 Å². The molecule has 1 aromatic carbocycles. The molecule has 2 atom stereocenters. The van der Waals surface area contributed by atoms with Crippen LogP contribution < -0.4 is 5.32 Å². The van der Waals surface area contributed by atoms with E-state index in [0.29, 0.717) is 24.6 Å². The van der Waals surface area contributed by atoms with Gasteiger partial charge in [-0.05, 0) is 74.9 Å². The van der Waals surface area contributed by atoms with Gasteiger partial charge in [-0.2, -0.15) is 0 Å². The fourth-order valence-corrected chi connectivity index (χ4v) is 5.95. The molecule has 2 aliphatic heterocycles. The number of carbonyl (C=O) groups excluding carboxylic acids is 2. The molecule has 206 valence electrons. The van der Waals surface area contributed by atoms with Gasteiger partial charge in [-0.25, -0.2) is 4.98 Å². The van der Waals surface area contributed by atoms with Crippen molar-refractivity contribution in [2.75, 3.05) is 38.6 Å². The van der Waals surface area contributed by atoms with Crippen LogP contribution in [-0.4, -0.2) is 75.5 Å². The maximum Gasteiger partial charge on any atom is 0.258 e. The van der Waals surface area contributed by atoms with Crippen molar-refractivity contribution >= 4 is 28.8 Å². The van der Waals surface area contributed by atoms with E-state index in [9.17, 15) is 9.59 Å². The van der Waals surface area contributed by atoms with Gasteiger partial charge in [0.05, 0.1) is 23.2 Å². The van der Waals surface area contributed by atoms with Crippen LogP contribution in [0.3, 0.4) is 0 Å². The number of benzene rings is 1. The first-order valence-electron chi connectivity index (χ1n) is 13.8. The van der Waals surface area contributed by atoms with E-state index in [1.165, 1.54) is 11.6 Å². The lowest BCUT2D eigenvalue weighted by molar-refractivity contribution is -0.126. The second-order valence-corrected chi connectivity index (χ2v) is 10.7. The molecule has 0 aliphatic carbocycles.